The molecule has 2 aliphatic rings. The zero-order chi connectivity index (χ0) is 18.0. The average molecular weight is 356 g/mol. The van der Waals surface area contributed by atoms with Crippen molar-refractivity contribution in [2.24, 2.45) is 0 Å². The molecule has 1 unspecified atom stereocenters. The number of ether oxygens (including phenoxy) is 1. The molecule has 1 amide bonds. The Kier molecular flexibility index (Phi) is 4.78. The lowest BCUT2D eigenvalue weighted by molar-refractivity contribution is 0.00531. The van der Waals surface area contributed by atoms with Gasteiger partial charge in [0.15, 0.2) is 0 Å². The van der Waals surface area contributed by atoms with Crippen LogP contribution >= 0.6 is 0 Å². The van der Waals surface area contributed by atoms with Crippen LogP contribution in [0.25, 0.3) is 0 Å². The molecule has 1 atom stereocenters. The van der Waals surface area contributed by atoms with Crippen LogP contribution in [0.1, 0.15) is 53.5 Å². The van der Waals surface area contributed by atoms with E-state index < -0.39 is 0 Å². The highest BCUT2D eigenvalue weighted by Crippen LogP contribution is 2.48. The van der Waals surface area contributed by atoms with Gasteiger partial charge in [0.2, 0.25) is 5.76 Å². The van der Waals surface area contributed by atoms with Gasteiger partial charge in [-0.1, -0.05) is 29.4 Å². The van der Waals surface area contributed by atoms with Crippen LogP contribution in [-0.4, -0.2) is 47.4 Å². The second-order valence-corrected chi connectivity index (χ2v) is 7.16. The molecule has 138 valence electrons. The van der Waals surface area contributed by atoms with Crippen LogP contribution in [0.3, 0.4) is 0 Å². The first-order valence-electron chi connectivity index (χ1n) is 9.25. The van der Waals surface area contributed by atoms with Gasteiger partial charge in [-0.2, -0.15) is 0 Å². The third-order valence-electron chi connectivity index (χ3n) is 5.83. The maximum atomic E-state index is 12.5. The highest BCUT2D eigenvalue weighted by Gasteiger charge is 2.43. The predicted molar refractivity (Wildman–Crippen MR) is 94.8 cm³/mol. The molecule has 0 bridgehead atoms. The molecule has 0 radical (unpaired) electrons. The van der Waals surface area contributed by atoms with Crippen molar-refractivity contribution >= 4 is 5.91 Å². The highest BCUT2D eigenvalue weighted by molar-refractivity contribution is 5.91. The number of fused-ring (bicyclic) bond motifs is 2. The van der Waals surface area contributed by atoms with Gasteiger partial charge in [0, 0.05) is 19.2 Å². The number of hydrogen-bond acceptors (Lipinski definition) is 5. The minimum atomic E-state index is -0.0781. The van der Waals surface area contributed by atoms with Gasteiger partial charge in [-0.25, -0.2) is 0 Å². The Balaban J connectivity index is 1.52. The number of likely N-dealkylation sites (tertiary alicyclic amines) is 1. The summed E-state index contributed by atoms with van der Waals surface area (Å²) in [6.07, 6.45) is 5.44. The van der Waals surface area contributed by atoms with E-state index in [2.05, 4.69) is 29.4 Å². The van der Waals surface area contributed by atoms with Crippen molar-refractivity contribution in [2.45, 2.75) is 37.2 Å². The van der Waals surface area contributed by atoms with Crippen LogP contribution in [0.15, 0.2) is 41.1 Å². The van der Waals surface area contributed by atoms with Crippen molar-refractivity contribution < 1.29 is 19.2 Å². The van der Waals surface area contributed by atoms with E-state index in [-0.39, 0.29) is 24.0 Å². The van der Waals surface area contributed by atoms with Crippen LogP contribution in [-0.2, 0) is 10.2 Å². The van der Waals surface area contributed by atoms with Gasteiger partial charge >= 0.3 is 0 Å². The number of amides is 1. The van der Waals surface area contributed by atoms with Gasteiger partial charge in [0.25, 0.3) is 5.91 Å². The quantitative estimate of drug-likeness (QED) is 0.911. The van der Waals surface area contributed by atoms with Crippen LogP contribution in [0.4, 0.5) is 0 Å². The number of benzene rings is 1. The maximum Gasteiger partial charge on any atom is 0.292 e. The third kappa shape index (κ3) is 3.04. The molecule has 1 N–H and O–H groups in total. The van der Waals surface area contributed by atoms with E-state index in [9.17, 15) is 4.79 Å². The molecule has 4 rings (SSSR count). The second-order valence-electron chi connectivity index (χ2n) is 7.16. The molecular formula is C20H24N2O4. The molecular weight excluding hydrogens is 332 g/mol. The Morgan fingerprint density at radius 2 is 2.08 bits per heavy atom. The van der Waals surface area contributed by atoms with Crippen LogP contribution in [0, 0.1) is 0 Å². The van der Waals surface area contributed by atoms with Gasteiger partial charge in [-0.05, 0) is 42.2 Å². The van der Waals surface area contributed by atoms with Crippen molar-refractivity contribution in [3.05, 3.63) is 53.4 Å². The molecule has 0 saturated carbocycles. The Labute approximate surface area is 152 Å². The smallest absolute Gasteiger partial charge is 0.292 e. The van der Waals surface area contributed by atoms with Crippen LogP contribution < -0.4 is 0 Å². The van der Waals surface area contributed by atoms with Crippen LogP contribution in [0.2, 0.25) is 0 Å². The van der Waals surface area contributed by atoms with Gasteiger partial charge < -0.3 is 19.3 Å². The number of rotatable bonds is 4. The maximum absolute atomic E-state index is 12.5. The molecule has 1 fully saturated rings. The van der Waals surface area contributed by atoms with Crippen molar-refractivity contribution in [1.29, 1.82) is 0 Å². The Morgan fingerprint density at radius 1 is 1.27 bits per heavy atom. The fraction of sp³-hybridized carbons (Fsp3) is 0.500. The minimum Gasteiger partial charge on any atom is -0.394 e. The van der Waals surface area contributed by atoms with Gasteiger partial charge in [0.05, 0.1) is 25.5 Å². The molecule has 6 heteroatoms. The zero-order valence-corrected chi connectivity index (χ0v) is 14.8. The first-order chi connectivity index (χ1) is 12.7. The van der Waals surface area contributed by atoms with E-state index in [4.69, 9.17) is 14.4 Å². The molecule has 6 nitrogen and oxygen atoms in total. The summed E-state index contributed by atoms with van der Waals surface area (Å²) in [5.41, 5.74) is 2.69. The van der Waals surface area contributed by atoms with Crippen molar-refractivity contribution in [3.8, 4) is 0 Å². The molecule has 1 spiro atoms. The first kappa shape index (κ1) is 17.2. The zero-order valence-electron chi connectivity index (χ0n) is 14.8. The number of hydrogen-bond donors (Lipinski definition) is 1. The van der Waals surface area contributed by atoms with E-state index in [1.807, 2.05) is 4.90 Å². The third-order valence-corrected chi connectivity index (χ3v) is 5.83. The summed E-state index contributed by atoms with van der Waals surface area (Å²) in [7, 11) is 0. The normalized spacial score (nSPS) is 21.6. The van der Waals surface area contributed by atoms with Gasteiger partial charge in [-0.3, -0.25) is 4.79 Å². The van der Waals surface area contributed by atoms with Gasteiger partial charge in [-0.15, -0.1) is 0 Å². The Bertz CT molecular complexity index is 751. The lowest BCUT2D eigenvalue weighted by Gasteiger charge is -2.47. The lowest BCUT2D eigenvalue weighted by Crippen LogP contribution is -2.47. The lowest BCUT2D eigenvalue weighted by atomic mass is 9.64. The van der Waals surface area contributed by atoms with E-state index in [0.29, 0.717) is 12.4 Å². The van der Waals surface area contributed by atoms with Gasteiger partial charge in [0.1, 0.15) is 0 Å². The summed E-state index contributed by atoms with van der Waals surface area (Å²) in [5.74, 6) is 0.230. The number of nitrogens with zero attached hydrogens (tertiary/aromatic N) is 2. The largest absolute Gasteiger partial charge is 0.394 e. The fourth-order valence-corrected chi connectivity index (χ4v) is 4.47. The molecule has 1 saturated heterocycles. The first-order valence-corrected chi connectivity index (χ1v) is 9.25. The molecule has 1 aromatic heterocycles. The standard InChI is InChI=1S/C20H24N2O4/c23-13-14-25-17-5-7-20(16-4-2-1-3-15(16)17)8-11-22(12-9-20)19(24)18-6-10-21-26-18/h1-4,6,10,17,23H,5,7-9,11-14H2. The summed E-state index contributed by atoms with van der Waals surface area (Å²) in [6, 6.07) is 10.1. The van der Waals surface area contributed by atoms with E-state index in [1.165, 1.54) is 17.3 Å². The minimum absolute atomic E-state index is 0.0442. The number of aliphatic hydroxyl groups excluding tert-OH is 1. The number of aliphatic hydroxyl groups is 1. The Hall–Kier alpha value is -2.18. The molecule has 2 heterocycles. The summed E-state index contributed by atoms with van der Waals surface area (Å²) in [5, 5.41) is 12.7. The molecule has 26 heavy (non-hydrogen) atoms. The molecule has 2 aromatic rings. The molecule has 1 aromatic carbocycles. The number of carbonyl (C=O) groups excluding carboxylic acids is 1. The van der Waals surface area contributed by atoms with E-state index in [0.717, 1.165) is 38.8 Å². The summed E-state index contributed by atoms with van der Waals surface area (Å²) in [6.45, 7) is 1.85. The number of piperidine rings is 1. The highest BCUT2D eigenvalue weighted by atomic mass is 16.5. The predicted octanol–water partition coefficient (Wildman–Crippen LogP) is 2.69. The fourth-order valence-electron chi connectivity index (χ4n) is 4.47. The van der Waals surface area contributed by atoms with E-state index >= 15 is 0 Å². The average Bonchev–Trinajstić information content (AvgIpc) is 3.23. The summed E-state index contributed by atoms with van der Waals surface area (Å²) in [4.78, 5) is 14.4. The van der Waals surface area contributed by atoms with Crippen molar-refractivity contribution in [1.82, 2.24) is 10.1 Å². The number of carbonyl (C=O) groups is 1. The Morgan fingerprint density at radius 3 is 2.81 bits per heavy atom. The number of aromatic nitrogens is 1. The summed E-state index contributed by atoms with van der Waals surface area (Å²) >= 11 is 0. The topological polar surface area (TPSA) is 75.8 Å². The van der Waals surface area contributed by atoms with Crippen molar-refractivity contribution in [3.63, 3.8) is 0 Å². The van der Waals surface area contributed by atoms with Crippen LogP contribution in [0.5, 0.6) is 0 Å². The second kappa shape index (κ2) is 7.21. The van der Waals surface area contributed by atoms with Crippen molar-refractivity contribution in [2.75, 3.05) is 26.3 Å². The monoisotopic (exact) mass is 356 g/mol. The van der Waals surface area contributed by atoms with E-state index in [1.54, 1.807) is 6.07 Å². The summed E-state index contributed by atoms with van der Waals surface area (Å²) < 4.78 is 10.9. The molecule has 1 aliphatic heterocycles. The molecule has 1 aliphatic carbocycles. The SMILES string of the molecule is O=C(c1ccno1)N1CCC2(CCC(OCCO)c3ccccc32)CC1.